The van der Waals surface area contributed by atoms with Gasteiger partial charge in [-0.3, -0.25) is 4.79 Å². The van der Waals surface area contributed by atoms with Gasteiger partial charge in [0.05, 0.1) is 7.11 Å². The molecular weight excluding hydrogens is 336 g/mol. The third-order valence-corrected chi connectivity index (χ3v) is 7.47. The van der Waals surface area contributed by atoms with Gasteiger partial charge in [-0.05, 0) is 73.3 Å². The van der Waals surface area contributed by atoms with E-state index in [-0.39, 0.29) is 12.0 Å². The number of ether oxygens (including phenoxy) is 1. The van der Waals surface area contributed by atoms with Gasteiger partial charge in [-0.25, -0.2) is 0 Å². The molecule has 1 aromatic carbocycles. The Bertz CT molecular complexity index is 804. The second kappa shape index (κ2) is 6.66. The summed E-state index contributed by atoms with van der Waals surface area (Å²) in [5, 5.41) is 4.84. The van der Waals surface area contributed by atoms with Crippen molar-refractivity contribution in [2.24, 2.45) is 23.2 Å². The first kappa shape index (κ1) is 17.3. The number of hydrogen-bond donors (Lipinski definition) is 2. The maximum absolute atomic E-state index is 12.5. The molecule has 4 aliphatic rings. The van der Waals surface area contributed by atoms with Gasteiger partial charge >= 0.3 is 5.97 Å². The van der Waals surface area contributed by atoms with Gasteiger partial charge in [0.15, 0.2) is 0 Å². The van der Waals surface area contributed by atoms with Crippen LogP contribution in [0, 0.1) is 23.2 Å². The number of para-hydroxylation sites is 1. The van der Waals surface area contributed by atoms with Crippen LogP contribution in [0.15, 0.2) is 30.5 Å². The maximum Gasteiger partial charge on any atom is 0.323 e. The van der Waals surface area contributed by atoms with E-state index in [1.807, 2.05) is 12.3 Å². The van der Waals surface area contributed by atoms with Crippen LogP contribution in [0.4, 0.5) is 0 Å². The Morgan fingerprint density at radius 1 is 1.19 bits per heavy atom. The zero-order valence-corrected chi connectivity index (χ0v) is 16.2. The molecule has 0 radical (unpaired) electrons. The summed E-state index contributed by atoms with van der Waals surface area (Å²) in [6.07, 6.45) is 11.1. The molecule has 6 rings (SSSR count). The molecule has 0 unspecified atom stereocenters. The van der Waals surface area contributed by atoms with E-state index in [4.69, 9.17) is 4.74 Å². The number of nitrogens with one attached hydrogen (secondary N) is 2. The summed E-state index contributed by atoms with van der Waals surface area (Å²) >= 11 is 0. The minimum absolute atomic E-state index is 0.148. The number of carbonyl (C=O) groups is 1. The first-order valence-corrected chi connectivity index (χ1v) is 10.5. The van der Waals surface area contributed by atoms with Crippen LogP contribution in [-0.2, 0) is 16.0 Å². The molecule has 4 nitrogen and oxygen atoms in total. The van der Waals surface area contributed by atoms with E-state index < -0.39 is 0 Å². The third kappa shape index (κ3) is 3.18. The number of rotatable bonds is 6. The number of aromatic amines is 1. The SMILES string of the molecule is COC(=O)[C@H](Cc1c[nH]c2ccccc12)NCC12CC3CC(CC(C3)C1)C2. The van der Waals surface area contributed by atoms with Crippen LogP contribution in [0.3, 0.4) is 0 Å². The number of aromatic nitrogens is 1. The molecule has 4 saturated carbocycles. The molecule has 2 N–H and O–H groups in total. The number of esters is 1. The largest absolute Gasteiger partial charge is 0.468 e. The highest BCUT2D eigenvalue weighted by atomic mass is 16.5. The second-order valence-electron chi connectivity index (χ2n) is 9.44. The minimum atomic E-state index is -0.276. The van der Waals surface area contributed by atoms with Crippen molar-refractivity contribution in [3.8, 4) is 0 Å². The Morgan fingerprint density at radius 3 is 2.52 bits per heavy atom. The summed E-state index contributed by atoms with van der Waals surface area (Å²) in [6, 6.07) is 8.01. The predicted octanol–water partition coefficient (Wildman–Crippen LogP) is 4.06. The minimum Gasteiger partial charge on any atom is -0.468 e. The number of hydrogen-bond acceptors (Lipinski definition) is 3. The standard InChI is InChI=1S/C23H30N2O2/c1-27-22(26)21(9-18-13-24-20-5-3-2-4-19(18)20)25-14-23-10-15-6-16(11-23)8-17(7-15)12-23/h2-5,13,15-17,21,24-25H,6-12,14H2,1H3/t15?,16?,17?,21-,23?/m0/s1. The lowest BCUT2D eigenvalue weighted by Crippen LogP contribution is -2.53. The Labute approximate surface area is 161 Å². The van der Waals surface area contributed by atoms with Crippen molar-refractivity contribution in [3.05, 3.63) is 36.0 Å². The van der Waals surface area contributed by atoms with Crippen molar-refractivity contribution >= 4 is 16.9 Å². The average Bonchev–Trinajstić information content (AvgIpc) is 3.06. The molecule has 0 aliphatic heterocycles. The van der Waals surface area contributed by atoms with Crippen molar-refractivity contribution in [2.75, 3.05) is 13.7 Å². The monoisotopic (exact) mass is 366 g/mol. The molecular formula is C23H30N2O2. The molecule has 1 heterocycles. The Hall–Kier alpha value is -1.81. The van der Waals surface area contributed by atoms with Crippen molar-refractivity contribution < 1.29 is 9.53 Å². The van der Waals surface area contributed by atoms with Crippen LogP contribution in [-0.4, -0.2) is 30.6 Å². The molecule has 4 aliphatic carbocycles. The van der Waals surface area contributed by atoms with E-state index in [0.717, 1.165) is 29.8 Å². The van der Waals surface area contributed by atoms with Crippen LogP contribution in [0.2, 0.25) is 0 Å². The summed E-state index contributed by atoms with van der Waals surface area (Å²) in [5.74, 6) is 2.65. The fourth-order valence-corrected chi connectivity index (χ4v) is 6.75. The molecule has 4 fully saturated rings. The number of carbonyl (C=O) groups excluding carboxylic acids is 1. The summed E-state index contributed by atoms with van der Waals surface area (Å²) < 4.78 is 5.13. The van der Waals surface area contributed by atoms with Gasteiger partial charge in [-0.2, -0.15) is 0 Å². The Kier molecular flexibility index (Phi) is 4.27. The number of H-pyrrole nitrogens is 1. The van der Waals surface area contributed by atoms with Crippen LogP contribution < -0.4 is 5.32 Å². The molecule has 4 bridgehead atoms. The Morgan fingerprint density at radius 2 is 1.85 bits per heavy atom. The molecule has 0 saturated heterocycles. The van der Waals surface area contributed by atoms with Crippen molar-refractivity contribution in [2.45, 2.75) is 51.0 Å². The molecule has 0 spiro atoms. The number of fused-ring (bicyclic) bond motifs is 1. The zero-order chi connectivity index (χ0) is 18.4. The zero-order valence-electron chi connectivity index (χ0n) is 16.2. The van der Waals surface area contributed by atoms with Gasteiger partial charge in [0, 0.05) is 30.1 Å². The highest BCUT2D eigenvalue weighted by molar-refractivity contribution is 5.84. The summed E-state index contributed by atoms with van der Waals surface area (Å²) in [5.41, 5.74) is 2.72. The lowest BCUT2D eigenvalue weighted by Gasteiger charge is -2.57. The fraction of sp³-hybridized carbons (Fsp3) is 0.609. The molecule has 4 heteroatoms. The van der Waals surface area contributed by atoms with Gasteiger partial charge < -0.3 is 15.0 Å². The topological polar surface area (TPSA) is 54.1 Å². The van der Waals surface area contributed by atoms with Crippen LogP contribution in [0.5, 0.6) is 0 Å². The smallest absolute Gasteiger partial charge is 0.323 e. The van der Waals surface area contributed by atoms with E-state index in [2.05, 4.69) is 28.5 Å². The molecule has 144 valence electrons. The van der Waals surface area contributed by atoms with Crippen LogP contribution in [0.1, 0.15) is 44.1 Å². The summed E-state index contributed by atoms with van der Waals surface area (Å²) in [4.78, 5) is 15.8. The second-order valence-corrected chi connectivity index (χ2v) is 9.44. The van der Waals surface area contributed by atoms with Gasteiger partial charge in [0.2, 0.25) is 0 Å². The first-order chi connectivity index (χ1) is 13.1. The summed E-state index contributed by atoms with van der Waals surface area (Å²) in [7, 11) is 1.50. The van der Waals surface area contributed by atoms with E-state index in [1.165, 1.54) is 56.6 Å². The fourth-order valence-electron chi connectivity index (χ4n) is 6.75. The summed E-state index contributed by atoms with van der Waals surface area (Å²) in [6.45, 7) is 0.957. The van der Waals surface area contributed by atoms with Crippen LogP contribution >= 0.6 is 0 Å². The van der Waals surface area contributed by atoms with Crippen molar-refractivity contribution in [1.82, 2.24) is 10.3 Å². The highest BCUT2D eigenvalue weighted by Gasteiger charge is 2.50. The van der Waals surface area contributed by atoms with Gasteiger partial charge in [-0.15, -0.1) is 0 Å². The molecule has 1 atom stereocenters. The van der Waals surface area contributed by atoms with Gasteiger partial charge in [0.25, 0.3) is 0 Å². The predicted molar refractivity (Wildman–Crippen MR) is 106 cm³/mol. The van der Waals surface area contributed by atoms with E-state index in [9.17, 15) is 4.79 Å². The van der Waals surface area contributed by atoms with Crippen molar-refractivity contribution in [1.29, 1.82) is 0 Å². The molecule has 0 amide bonds. The first-order valence-electron chi connectivity index (χ1n) is 10.5. The van der Waals surface area contributed by atoms with Crippen LogP contribution in [0.25, 0.3) is 10.9 Å². The number of benzene rings is 1. The highest BCUT2D eigenvalue weighted by Crippen LogP contribution is 2.59. The van der Waals surface area contributed by atoms with Gasteiger partial charge in [0.1, 0.15) is 6.04 Å². The number of methoxy groups -OCH3 is 1. The van der Waals surface area contributed by atoms with Crippen molar-refractivity contribution in [3.63, 3.8) is 0 Å². The van der Waals surface area contributed by atoms with E-state index in [1.54, 1.807) is 0 Å². The van der Waals surface area contributed by atoms with Gasteiger partial charge in [-0.1, -0.05) is 18.2 Å². The quantitative estimate of drug-likeness (QED) is 0.758. The Balaban J connectivity index is 1.32. The van der Waals surface area contributed by atoms with E-state index >= 15 is 0 Å². The molecule has 2 aromatic rings. The molecule has 27 heavy (non-hydrogen) atoms. The molecule has 1 aromatic heterocycles. The lowest BCUT2D eigenvalue weighted by atomic mass is 9.49. The van der Waals surface area contributed by atoms with E-state index in [0.29, 0.717) is 11.8 Å². The lowest BCUT2D eigenvalue weighted by molar-refractivity contribution is -0.143. The third-order valence-electron chi connectivity index (χ3n) is 7.47. The average molecular weight is 367 g/mol. The normalized spacial score (nSPS) is 32.7. The maximum atomic E-state index is 12.5.